The van der Waals surface area contributed by atoms with Gasteiger partial charge in [0.25, 0.3) is 0 Å². The average molecular weight is 612 g/mol. The smallest absolute Gasteiger partial charge is 0.217 e. The Labute approximate surface area is 202 Å². The Bertz CT molecular complexity index is 1180. The Hall–Kier alpha value is -2.46. The minimum atomic E-state index is 0. The molecule has 2 aliphatic rings. The molecule has 7 heteroatoms. The zero-order chi connectivity index (χ0) is 21.6. The summed E-state index contributed by atoms with van der Waals surface area (Å²) in [6.45, 7) is 6.53. The molecule has 2 atom stereocenters. The number of ether oxygens (including phenoxy) is 2. The van der Waals surface area contributed by atoms with E-state index in [-0.39, 0.29) is 44.4 Å². The van der Waals surface area contributed by atoms with Gasteiger partial charge in [-0.1, -0.05) is 38.1 Å². The van der Waals surface area contributed by atoms with Gasteiger partial charge >= 0.3 is 0 Å². The fraction of sp³-hybridized carbons (Fsp3) is 0.400. The predicted octanol–water partition coefficient (Wildman–Crippen LogP) is 5.35. The van der Waals surface area contributed by atoms with Gasteiger partial charge in [-0.2, -0.15) is 0 Å². The molecule has 1 aromatic carbocycles. The van der Waals surface area contributed by atoms with E-state index < -0.39 is 0 Å². The molecule has 170 valence electrons. The van der Waals surface area contributed by atoms with E-state index in [0.29, 0.717) is 28.6 Å². The summed E-state index contributed by atoms with van der Waals surface area (Å²) in [7, 11) is 0. The first-order valence-corrected chi connectivity index (χ1v) is 10.8. The van der Waals surface area contributed by atoms with Crippen LogP contribution in [0.5, 0.6) is 17.4 Å². The maximum atomic E-state index is 10.2. The summed E-state index contributed by atoms with van der Waals surface area (Å²) in [6.07, 6.45) is 7.81. The fourth-order valence-electron chi connectivity index (χ4n) is 4.54. The van der Waals surface area contributed by atoms with Crippen LogP contribution in [-0.4, -0.2) is 33.1 Å². The van der Waals surface area contributed by atoms with E-state index >= 15 is 0 Å². The summed E-state index contributed by atoms with van der Waals surface area (Å²) >= 11 is 0. The average Bonchev–Trinajstić information content (AvgIpc) is 3.04. The number of hydrogen-bond acceptors (Lipinski definition) is 6. The quantitative estimate of drug-likeness (QED) is 0.405. The largest absolute Gasteiger partial charge is 0.515 e. The monoisotopic (exact) mass is 611 g/mol. The van der Waals surface area contributed by atoms with Crippen LogP contribution in [0, 0.1) is 18.4 Å². The molecule has 0 spiro atoms. The summed E-state index contributed by atoms with van der Waals surface area (Å²) in [4.78, 5) is 13.6. The van der Waals surface area contributed by atoms with E-state index in [1.165, 1.54) is 12.8 Å². The Morgan fingerprint density at radius 1 is 1.22 bits per heavy atom. The molecule has 1 N–H and O–H groups in total. The van der Waals surface area contributed by atoms with E-state index in [1.807, 2.05) is 19.1 Å². The van der Waals surface area contributed by atoms with Crippen molar-refractivity contribution >= 4 is 16.8 Å². The number of hydrogen-bond donors (Lipinski definition) is 1. The van der Waals surface area contributed by atoms with Crippen LogP contribution in [0.4, 0.5) is 0 Å². The first kappa shape index (κ1) is 22.7. The van der Waals surface area contributed by atoms with Crippen molar-refractivity contribution in [2.45, 2.75) is 58.6 Å². The first-order valence-electron chi connectivity index (χ1n) is 10.8. The summed E-state index contributed by atoms with van der Waals surface area (Å²) in [5.41, 5.74) is 2.42. The van der Waals surface area contributed by atoms with Crippen molar-refractivity contribution < 1.29 is 35.6 Å². The molecule has 0 saturated heterocycles. The second-order valence-electron chi connectivity index (χ2n) is 9.34. The number of nitrogens with zero attached hydrogens (tertiary/aromatic N) is 3. The van der Waals surface area contributed by atoms with E-state index in [2.05, 4.69) is 29.9 Å². The van der Waals surface area contributed by atoms with E-state index in [9.17, 15) is 5.11 Å². The zero-order valence-electron chi connectivity index (χ0n) is 18.4. The van der Waals surface area contributed by atoms with Crippen LogP contribution in [0.2, 0.25) is 0 Å². The van der Waals surface area contributed by atoms with Gasteiger partial charge < -0.3 is 19.6 Å². The van der Waals surface area contributed by atoms with Gasteiger partial charge in [-0.25, -0.2) is 4.98 Å². The van der Waals surface area contributed by atoms with Crippen molar-refractivity contribution in [3.63, 3.8) is 0 Å². The van der Waals surface area contributed by atoms with Crippen molar-refractivity contribution in [1.29, 1.82) is 0 Å². The van der Waals surface area contributed by atoms with E-state index in [1.54, 1.807) is 24.5 Å². The molecule has 0 bridgehead atoms. The van der Waals surface area contributed by atoms with Crippen LogP contribution in [0.15, 0.2) is 41.7 Å². The van der Waals surface area contributed by atoms with Crippen LogP contribution < -0.4 is 4.74 Å². The fourth-order valence-corrected chi connectivity index (χ4v) is 4.54. The van der Waals surface area contributed by atoms with E-state index in [4.69, 9.17) is 14.5 Å². The van der Waals surface area contributed by atoms with Crippen LogP contribution >= 0.6 is 0 Å². The zero-order valence-corrected chi connectivity index (χ0v) is 20.6. The number of aromatic nitrogens is 2. The third-order valence-corrected chi connectivity index (χ3v) is 6.07. The molecule has 0 radical (unpaired) electrons. The second kappa shape index (κ2) is 8.82. The van der Waals surface area contributed by atoms with Gasteiger partial charge in [0.2, 0.25) is 5.88 Å². The maximum absolute atomic E-state index is 10.2. The summed E-state index contributed by atoms with van der Waals surface area (Å²) in [5.74, 6) is 1.51. The number of aromatic hydroxyl groups is 1. The van der Waals surface area contributed by atoms with Gasteiger partial charge in [-0.15, -0.1) is 0 Å². The minimum absolute atomic E-state index is 0. The Balaban J connectivity index is 0.00000245. The van der Waals surface area contributed by atoms with Gasteiger partial charge in [0.1, 0.15) is 23.3 Å². The summed E-state index contributed by atoms with van der Waals surface area (Å²) in [6, 6.07) is 10.7. The number of aliphatic imine (C=N–C) groups is 1. The molecule has 1 fully saturated rings. The Morgan fingerprint density at radius 3 is 2.91 bits per heavy atom. The van der Waals surface area contributed by atoms with Gasteiger partial charge in [-0.05, 0) is 61.6 Å². The van der Waals surface area contributed by atoms with Gasteiger partial charge in [0.15, 0.2) is 0 Å². The minimum Gasteiger partial charge on any atom is -0.515 e. The van der Waals surface area contributed by atoms with Crippen molar-refractivity contribution in [2.24, 2.45) is 10.4 Å². The number of pyridine rings is 2. The molecule has 0 amide bonds. The number of phenols is 1. The molecule has 1 aliphatic heterocycles. The molecular formula is C25H26N3O3Pt-. The van der Waals surface area contributed by atoms with Crippen molar-refractivity contribution in [2.75, 3.05) is 0 Å². The van der Waals surface area contributed by atoms with Gasteiger partial charge in [0, 0.05) is 32.5 Å². The van der Waals surface area contributed by atoms with Crippen LogP contribution in [0.1, 0.15) is 50.7 Å². The Kier molecular flexibility index (Phi) is 6.26. The SMILES string of the molecule is Cc1cc(O)c2nc(Oc3[c-]c(C4=N[C@H]5CCCC(C)(C)C[C@@H]5O4)cnc3)ccc2c1.[Pt]. The molecule has 1 saturated carbocycles. The Morgan fingerprint density at radius 2 is 2.06 bits per heavy atom. The molecule has 3 heterocycles. The number of fused-ring (bicyclic) bond motifs is 2. The molecule has 6 nitrogen and oxygen atoms in total. The molecule has 2 aromatic heterocycles. The van der Waals surface area contributed by atoms with Crippen molar-refractivity contribution in [3.8, 4) is 17.4 Å². The van der Waals surface area contributed by atoms with Crippen LogP contribution in [0.25, 0.3) is 10.9 Å². The topological polar surface area (TPSA) is 76.8 Å². The number of phenolic OH excluding ortho intramolecular Hbond substituents is 1. The predicted molar refractivity (Wildman–Crippen MR) is 119 cm³/mol. The first-order chi connectivity index (χ1) is 14.9. The third-order valence-electron chi connectivity index (χ3n) is 6.07. The van der Waals surface area contributed by atoms with Gasteiger partial charge in [-0.3, -0.25) is 4.99 Å². The number of aryl methyl sites for hydroxylation is 1. The third kappa shape index (κ3) is 4.66. The second-order valence-corrected chi connectivity index (χ2v) is 9.34. The van der Waals surface area contributed by atoms with Gasteiger partial charge in [0.05, 0.1) is 11.8 Å². The standard InChI is InChI=1S/C25H26N3O3.Pt/c1-15-9-16-6-7-22(28-23(16)20(29)10-15)30-18-11-17(13-26-14-18)24-27-19-5-4-8-25(2,3)12-21(19)31-24;/h6-7,9-10,13-14,19,21,29H,4-5,8,12H2,1-3H3;/q-1;/t19-,21-;/m0./s1. The molecular weight excluding hydrogens is 585 g/mol. The maximum Gasteiger partial charge on any atom is 0.217 e. The van der Waals surface area contributed by atoms with Crippen molar-refractivity contribution in [1.82, 2.24) is 9.97 Å². The van der Waals surface area contributed by atoms with Crippen molar-refractivity contribution in [3.05, 3.63) is 53.9 Å². The molecule has 0 unspecified atom stereocenters. The molecule has 5 rings (SSSR count). The van der Waals surface area contributed by atoms with Crippen LogP contribution in [-0.2, 0) is 25.8 Å². The number of rotatable bonds is 3. The normalized spacial score (nSPS) is 21.7. The molecule has 32 heavy (non-hydrogen) atoms. The summed E-state index contributed by atoms with van der Waals surface area (Å²) in [5, 5.41) is 11.1. The molecule has 3 aromatic rings. The number of benzene rings is 1. The van der Waals surface area contributed by atoms with E-state index in [0.717, 1.165) is 23.8 Å². The van der Waals surface area contributed by atoms with Crippen LogP contribution in [0.3, 0.4) is 0 Å². The summed E-state index contributed by atoms with van der Waals surface area (Å²) < 4.78 is 12.1. The molecule has 1 aliphatic carbocycles.